The molecular formula is C8H12N. The van der Waals surface area contributed by atoms with Gasteiger partial charge in [0.05, 0.1) is 0 Å². The molecular weight excluding hydrogens is 110 g/mol. The third-order valence-electron chi connectivity index (χ3n) is 2.39. The molecule has 1 aliphatic heterocycles. The van der Waals surface area contributed by atoms with Crippen molar-refractivity contribution in [1.82, 2.24) is 5.32 Å². The molecule has 2 aliphatic rings. The fraction of sp³-hybridized carbons (Fsp3) is 0.625. The van der Waals surface area contributed by atoms with Crippen molar-refractivity contribution in [1.29, 1.82) is 0 Å². The summed E-state index contributed by atoms with van der Waals surface area (Å²) >= 11 is 0. The van der Waals surface area contributed by atoms with E-state index in [4.69, 9.17) is 0 Å². The number of allylic oxidation sites excluding steroid dienone is 2. The molecule has 0 unspecified atom stereocenters. The molecule has 1 spiro atoms. The van der Waals surface area contributed by atoms with E-state index in [2.05, 4.69) is 24.0 Å². The van der Waals surface area contributed by atoms with Crippen LogP contribution in [0, 0.1) is 12.0 Å². The lowest BCUT2D eigenvalue weighted by Crippen LogP contribution is -2.13. The zero-order valence-corrected chi connectivity index (χ0v) is 5.56. The van der Waals surface area contributed by atoms with Gasteiger partial charge in [0.2, 0.25) is 0 Å². The van der Waals surface area contributed by atoms with Crippen molar-refractivity contribution < 1.29 is 0 Å². The quantitative estimate of drug-likeness (QED) is 0.480. The molecule has 0 amide bonds. The van der Waals surface area contributed by atoms with Crippen LogP contribution in [0.4, 0.5) is 0 Å². The zero-order valence-electron chi connectivity index (χ0n) is 5.56. The van der Waals surface area contributed by atoms with E-state index in [1.165, 1.54) is 25.8 Å². The SMILES string of the molecule is [CH]1NCCC12CC=CC2. The maximum atomic E-state index is 3.29. The van der Waals surface area contributed by atoms with Gasteiger partial charge < -0.3 is 5.32 Å². The van der Waals surface area contributed by atoms with E-state index in [0.717, 1.165) is 0 Å². The first-order chi connectivity index (χ1) is 4.41. The van der Waals surface area contributed by atoms with Crippen molar-refractivity contribution in [3.8, 4) is 0 Å². The first-order valence-corrected chi connectivity index (χ1v) is 3.64. The molecule has 9 heavy (non-hydrogen) atoms. The van der Waals surface area contributed by atoms with Gasteiger partial charge in [-0.05, 0) is 31.2 Å². The molecule has 1 N–H and O–H groups in total. The Morgan fingerprint density at radius 2 is 2.00 bits per heavy atom. The maximum absolute atomic E-state index is 3.29. The van der Waals surface area contributed by atoms with E-state index in [1.54, 1.807) is 0 Å². The van der Waals surface area contributed by atoms with E-state index < -0.39 is 0 Å². The van der Waals surface area contributed by atoms with Crippen LogP contribution in [0.1, 0.15) is 19.3 Å². The highest BCUT2D eigenvalue weighted by Gasteiger charge is 2.33. The van der Waals surface area contributed by atoms with Gasteiger partial charge in [-0.25, -0.2) is 0 Å². The highest BCUT2D eigenvalue weighted by Crippen LogP contribution is 2.40. The molecule has 2 rings (SSSR count). The largest absolute Gasteiger partial charge is 0.312 e. The Labute approximate surface area is 56.1 Å². The van der Waals surface area contributed by atoms with Gasteiger partial charge in [0.15, 0.2) is 0 Å². The summed E-state index contributed by atoms with van der Waals surface area (Å²) in [5.41, 5.74) is 0.542. The van der Waals surface area contributed by atoms with Crippen molar-refractivity contribution in [2.45, 2.75) is 19.3 Å². The molecule has 0 bridgehead atoms. The predicted octanol–water partition coefficient (Wildman–Crippen LogP) is 1.48. The average molecular weight is 122 g/mol. The van der Waals surface area contributed by atoms with Crippen LogP contribution in [0.3, 0.4) is 0 Å². The molecule has 1 fully saturated rings. The van der Waals surface area contributed by atoms with Crippen molar-refractivity contribution in [3.63, 3.8) is 0 Å². The second-order valence-corrected chi connectivity index (χ2v) is 3.09. The predicted molar refractivity (Wildman–Crippen MR) is 37.7 cm³/mol. The Balaban J connectivity index is 2.07. The lowest BCUT2D eigenvalue weighted by molar-refractivity contribution is 0.396. The summed E-state index contributed by atoms with van der Waals surface area (Å²) < 4.78 is 0. The van der Waals surface area contributed by atoms with E-state index in [-0.39, 0.29) is 0 Å². The molecule has 1 heteroatoms. The Morgan fingerprint density at radius 3 is 2.56 bits per heavy atom. The molecule has 1 saturated heterocycles. The molecule has 1 nitrogen and oxygen atoms in total. The molecule has 0 aromatic carbocycles. The van der Waals surface area contributed by atoms with Crippen molar-refractivity contribution in [3.05, 3.63) is 18.7 Å². The molecule has 0 aromatic heterocycles. The minimum absolute atomic E-state index is 0.542. The zero-order chi connectivity index (χ0) is 6.16. The van der Waals surface area contributed by atoms with Crippen LogP contribution < -0.4 is 5.32 Å². The summed E-state index contributed by atoms with van der Waals surface area (Å²) in [6, 6.07) is 0. The van der Waals surface area contributed by atoms with Crippen LogP contribution in [0.5, 0.6) is 0 Å². The molecule has 0 saturated carbocycles. The van der Waals surface area contributed by atoms with Crippen LogP contribution in [0.15, 0.2) is 12.2 Å². The Morgan fingerprint density at radius 1 is 1.22 bits per heavy atom. The van der Waals surface area contributed by atoms with Gasteiger partial charge in [0.25, 0.3) is 0 Å². The van der Waals surface area contributed by atoms with Gasteiger partial charge >= 0.3 is 0 Å². The minimum atomic E-state index is 0.542. The van der Waals surface area contributed by atoms with Crippen molar-refractivity contribution in [2.24, 2.45) is 5.41 Å². The van der Waals surface area contributed by atoms with Crippen LogP contribution in [-0.2, 0) is 0 Å². The average Bonchev–Trinajstić information content (AvgIpc) is 2.45. The monoisotopic (exact) mass is 122 g/mol. The molecule has 1 aliphatic carbocycles. The van der Waals surface area contributed by atoms with Crippen molar-refractivity contribution in [2.75, 3.05) is 6.54 Å². The molecule has 1 radical (unpaired) electrons. The van der Waals surface area contributed by atoms with E-state index in [1.807, 2.05) is 0 Å². The molecule has 0 aromatic rings. The maximum Gasteiger partial charge on any atom is 0.0289 e. The second-order valence-electron chi connectivity index (χ2n) is 3.09. The van der Waals surface area contributed by atoms with Gasteiger partial charge in [0.1, 0.15) is 0 Å². The number of hydrogen-bond donors (Lipinski definition) is 1. The lowest BCUT2D eigenvalue weighted by atomic mass is 9.85. The number of rotatable bonds is 0. The lowest BCUT2D eigenvalue weighted by Gasteiger charge is -2.19. The summed E-state index contributed by atoms with van der Waals surface area (Å²) in [7, 11) is 0. The van der Waals surface area contributed by atoms with Crippen LogP contribution in [0.2, 0.25) is 0 Å². The summed E-state index contributed by atoms with van der Waals surface area (Å²) in [5, 5.41) is 3.29. The van der Waals surface area contributed by atoms with Gasteiger partial charge in [-0.2, -0.15) is 0 Å². The highest BCUT2D eigenvalue weighted by molar-refractivity contribution is 5.10. The smallest absolute Gasteiger partial charge is 0.0289 e. The van der Waals surface area contributed by atoms with E-state index >= 15 is 0 Å². The van der Waals surface area contributed by atoms with Gasteiger partial charge in [-0.3, -0.25) is 0 Å². The number of hydrogen-bond acceptors (Lipinski definition) is 1. The van der Waals surface area contributed by atoms with Gasteiger partial charge in [0, 0.05) is 6.54 Å². The Hall–Kier alpha value is -0.300. The second kappa shape index (κ2) is 1.84. The van der Waals surface area contributed by atoms with Crippen LogP contribution >= 0.6 is 0 Å². The van der Waals surface area contributed by atoms with Crippen molar-refractivity contribution >= 4 is 0 Å². The summed E-state index contributed by atoms with van der Waals surface area (Å²) in [6.45, 7) is 3.47. The summed E-state index contributed by atoms with van der Waals surface area (Å²) in [5.74, 6) is 0. The number of nitrogens with one attached hydrogen (secondary N) is 1. The Kier molecular flexibility index (Phi) is 1.12. The summed E-state index contributed by atoms with van der Waals surface area (Å²) in [6.07, 6.45) is 8.45. The Bertz CT molecular complexity index is 122. The van der Waals surface area contributed by atoms with E-state index in [9.17, 15) is 0 Å². The van der Waals surface area contributed by atoms with Crippen LogP contribution in [0.25, 0.3) is 0 Å². The fourth-order valence-corrected chi connectivity index (χ4v) is 1.72. The molecule has 49 valence electrons. The molecule has 0 atom stereocenters. The standard InChI is InChI=1S/C8H12N/c1-2-4-8(3-1)5-6-9-7-8/h1-2,7,9H,3-6H2. The topological polar surface area (TPSA) is 12.0 Å². The van der Waals surface area contributed by atoms with Gasteiger partial charge in [-0.15, -0.1) is 0 Å². The fourth-order valence-electron chi connectivity index (χ4n) is 1.72. The third kappa shape index (κ3) is 0.799. The third-order valence-corrected chi connectivity index (χ3v) is 2.39. The van der Waals surface area contributed by atoms with Gasteiger partial charge in [-0.1, -0.05) is 12.2 Å². The highest BCUT2D eigenvalue weighted by atomic mass is 14.9. The minimum Gasteiger partial charge on any atom is -0.312 e. The van der Waals surface area contributed by atoms with Crippen LogP contribution in [-0.4, -0.2) is 6.54 Å². The normalized spacial score (nSPS) is 30.2. The first kappa shape index (κ1) is 5.48. The first-order valence-electron chi connectivity index (χ1n) is 3.64. The molecule has 1 heterocycles. The summed E-state index contributed by atoms with van der Waals surface area (Å²) in [4.78, 5) is 0. The van der Waals surface area contributed by atoms with E-state index in [0.29, 0.717) is 5.41 Å².